The smallest absolute Gasteiger partial charge is 0.329 e. The molecule has 1 fully saturated rings. The Hall–Kier alpha value is -3.91. The minimum absolute atomic E-state index is 0.00274. The number of aliphatic imine (C=N–C) groups is 1. The third-order valence-corrected chi connectivity index (χ3v) is 13.7. The molecule has 1 saturated heterocycles. The van der Waals surface area contributed by atoms with Crippen LogP contribution in [0, 0.1) is 23.2 Å². The maximum atomic E-state index is 14.6. The maximum absolute atomic E-state index is 14.6. The third-order valence-electron chi connectivity index (χ3n) is 12.4. The molecule has 3 aliphatic rings. The molecule has 2 bridgehead atoms. The summed E-state index contributed by atoms with van der Waals surface area (Å²) < 4.78 is 11.6. The van der Waals surface area contributed by atoms with E-state index >= 15 is 0 Å². The minimum atomic E-state index is -1.03. The van der Waals surface area contributed by atoms with Crippen molar-refractivity contribution >= 4 is 46.4 Å². The molecule has 10 atom stereocenters. The van der Waals surface area contributed by atoms with Gasteiger partial charge in [-0.25, -0.2) is 4.79 Å². The number of nitrogens with one attached hydrogen (secondary N) is 1. The Balaban J connectivity index is 1.74. The standard InChI is InChI=1S/C45H69N5O8S/c1-13-27(3)38-43(55)50-20-14-15-35(50)44(56)58-37(45(7,8)9)22-26(2)21-36(51)29(5)40-46-32(25-59-40)23-28(4)39(52)47-34(24-31-16-18-33(57-12)19-17-31)42(54)48(10)30(6)41(53)49(38)11/h16-19,23,26-27,29-30,32,34-38,51H,13-15,20-22,24-25H2,1-12H3,(H,47,52)/b28-23+/t26-,27+,29+,30-,32-,34-,35-,36-,37-,38-/m0/s1. The van der Waals surface area contributed by atoms with Crippen LogP contribution < -0.4 is 10.1 Å². The van der Waals surface area contributed by atoms with Gasteiger partial charge < -0.3 is 34.6 Å². The molecule has 3 heterocycles. The molecular formula is C45H69N5O8S. The number of methoxy groups -OCH3 is 1. The average Bonchev–Trinajstić information content (AvgIpc) is 3.89. The quantitative estimate of drug-likeness (QED) is 0.377. The normalized spacial score (nSPS) is 31.6. The highest BCUT2D eigenvalue weighted by atomic mass is 32.2. The number of cyclic esters (lactones) is 1. The van der Waals surface area contributed by atoms with Crippen LogP contribution in [0.4, 0.5) is 0 Å². The number of rotatable bonds is 5. The van der Waals surface area contributed by atoms with Crippen LogP contribution in [-0.2, 0) is 35.1 Å². The molecule has 4 amide bonds. The van der Waals surface area contributed by atoms with E-state index in [0.717, 1.165) is 10.6 Å². The first-order valence-electron chi connectivity index (χ1n) is 21.2. The fraction of sp³-hybridized carbons (Fsp3) is 0.689. The highest BCUT2D eigenvalue weighted by molar-refractivity contribution is 8.14. The summed E-state index contributed by atoms with van der Waals surface area (Å²) in [7, 11) is 4.67. The van der Waals surface area contributed by atoms with Crippen molar-refractivity contribution in [3.63, 3.8) is 0 Å². The third kappa shape index (κ3) is 11.9. The summed E-state index contributed by atoms with van der Waals surface area (Å²) in [4.78, 5) is 80.4. The van der Waals surface area contributed by atoms with E-state index in [2.05, 4.69) is 5.32 Å². The van der Waals surface area contributed by atoms with Gasteiger partial charge in [0.05, 0.1) is 24.3 Å². The Morgan fingerprint density at radius 1 is 1.00 bits per heavy atom. The van der Waals surface area contributed by atoms with Gasteiger partial charge in [0.15, 0.2) is 0 Å². The number of esters is 1. The molecule has 328 valence electrons. The average molecular weight is 840 g/mol. The topological polar surface area (TPSA) is 158 Å². The lowest BCUT2D eigenvalue weighted by atomic mass is 9.81. The largest absolute Gasteiger partial charge is 0.497 e. The SMILES string of the molecule is CC[C@@H](C)[C@H]1C(=O)N2CCC[C@H]2C(=O)O[C@H](C(C)(C)C)C[C@@H](C)C[C@H](O)[C@@H](C)C2=N[C@@H](/C=C(\C)C(=O)N[C@@H](Cc3ccc(OC)cc3)C(=O)N(C)[C@@H](C)C(=O)N1C)CS2. The molecule has 1 aromatic rings. The van der Waals surface area contributed by atoms with Crippen molar-refractivity contribution < 1.29 is 38.6 Å². The zero-order valence-corrected chi connectivity index (χ0v) is 38.1. The number of hydrogen-bond donors (Lipinski definition) is 2. The van der Waals surface area contributed by atoms with E-state index in [0.29, 0.717) is 55.7 Å². The molecule has 14 heteroatoms. The number of likely N-dealkylation sites (N-methyl/N-ethyl adjacent to an activating group) is 2. The number of benzene rings is 1. The minimum Gasteiger partial charge on any atom is -0.497 e. The molecule has 0 saturated carbocycles. The molecule has 59 heavy (non-hydrogen) atoms. The Morgan fingerprint density at radius 2 is 1.66 bits per heavy atom. The number of carbonyl (C=O) groups is 5. The van der Waals surface area contributed by atoms with E-state index in [1.54, 1.807) is 62.9 Å². The maximum Gasteiger partial charge on any atom is 0.329 e. The van der Waals surface area contributed by atoms with Crippen molar-refractivity contribution in [2.24, 2.45) is 28.2 Å². The zero-order valence-electron chi connectivity index (χ0n) is 37.3. The van der Waals surface area contributed by atoms with E-state index in [4.69, 9.17) is 14.5 Å². The summed E-state index contributed by atoms with van der Waals surface area (Å²) in [6, 6.07) is 3.19. The lowest BCUT2D eigenvalue weighted by molar-refractivity contribution is -0.166. The van der Waals surface area contributed by atoms with Crippen LogP contribution in [0.1, 0.15) is 100.0 Å². The molecule has 0 radical (unpaired) electrons. The Kier molecular flexibility index (Phi) is 16.7. The van der Waals surface area contributed by atoms with Gasteiger partial charge in [-0.05, 0) is 74.5 Å². The first kappa shape index (κ1) is 47.8. The molecule has 1 aromatic carbocycles. The van der Waals surface area contributed by atoms with Gasteiger partial charge in [-0.3, -0.25) is 24.2 Å². The number of hydrogen-bond acceptors (Lipinski definition) is 10. The molecule has 13 nitrogen and oxygen atoms in total. The van der Waals surface area contributed by atoms with Crippen LogP contribution in [0.3, 0.4) is 0 Å². The second kappa shape index (κ2) is 20.6. The van der Waals surface area contributed by atoms with E-state index in [9.17, 15) is 29.1 Å². The first-order valence-corrected chi connectivity index (χ1v) is 22.2. The van der Waals surface area contributed by atoms with E-state index < -0.39 is 65.5 Å². The Bertz CT molecular complexity index is 1730. The van der Waals surface area contributed by atoms with Crippen molar-refractivity contribution in [3.8, 4) is 5.75 Å². The van der Waals surface area contributed by atoms with Crippen LogP contribution in [-0.4, -0.2) is 130 Å². The molecule has 0 aromatic heterocycles. The summed E-state index contributed by atoms with van der Waals surface area (Å²) in [5.41, 5.74) is 0.758. The Labute approximate surface area is 356 Å². The zero-order chi connectivity index (χ0) is 43.9. The predicted octanol–water partition coefficient (Wildman–Crippen LogP) is 5.28. The van der Waals surface area contributed by atoms with Crippen LogP contribution in [0.25, 0.3) is 0 Å². The fourth-order valence-corrected chi connectivity index (χ4v) is 9.25. The van der Waals surface area contributed by atoms with Gasteiger partial charge >= 0.3 is 5.97 Å². The van der Waals surface area contributed by atoms with E-state index in [-0.39, 0.29) is 36.1 Å². The number of nitrogens with zero attached hydrogens (tertiary/aromatic N) is 4. The highest BCUT2D eigenvalue weighted by Crippen LogP contribution is 2.34. The number of ether oxygens (including phenoxy) is 2. The van der Waals surface area contributed by atoms with Gasteiger partial charge in [0.25, 0.3) is 0 Å². The number of amides is 4. The van der Waals surface area contributed by atoms with Gasteiger partial charge in [0, 0.05) is 44.3 Å². The van der Waals surface area contributed by atoms with Crippen molar-refractivity contribution in [2.45, 2.75) is 143 Å². The summed E-state index contributed by atoms with van der Waals surface area (Å²) in [6.45, 7) is 17.6. The molecule has 0 unspecified atom stereocenters. The van der Waals surface area contributed by atoms with Gasteiger partial charge in [0.1, 0.15) is 36.0 Å². The predicted molar refractivity (Wildman–Crippen MR) is 232 cm³/mol. The van der Waals surface area contributed by atoms with Gasteiger partial charge in [-0.15, -0.1) is 11.8 Å². The Morgan fingerprint density at radius 3 is 2.27 bits per heavy atom. The summed E-state index contributed by atoms with van der Waals surface area (Å²) in [5.74, 6) is -1.41. The van der Waals surface area contributed by atoms with Crippen LogP contribution in [0.2, 0.25) is 0 Å². The number of aliphatic hydroxyl groups is 1. The summed E-state index contributed by atoms with van der Waals surface area (Å²) in [5, 5.41) is 15.2. The lowest BCUT2D eigenvalue weighted by Crippen LogP contribution is -2.59. The summed E-state index contributed by atoms with van der Waals surface area (Å²) >= 11 is 1.56. The van der Waals surface area contributed by atoms with Gasteiger partial charge in [-0.2, -0.15) is 0 Å². The van der Waals surface area contributed by atoms with Crippen LogP contribution in [0.5, 0.6) is 5.75 Å². The molecule has 0 spiro atoms. The lowest BCUT2D eigenvalue weighted by Gasteiger charge is -2.39. The number of fused-ring (bicyclic) bond motifs is 2. The highest BCUT2D eigenvalue weighted by Gasteiger charge is 2.44. The second-order valence-corrected chi connectivity index (χ2v) is 19.1. The fourth-order valence-electron chi connectivity index (χ4n) is 8.11. The number of aliphatic hydroxyl groups excluding tert-OH is 1. The van der Waals surface area contributed by atoms with Crippen molar-refractivity contribution in [3.05, 3.63) is 41.5 Å². The monoisotopic (exact) mass is 839 g/mol. The van der Waals surface area contributed by atoms with Crippen LogP contribution >= 0.6 is 11.8 Å². The molecule has 0 aliphatic carbocycles. The van der Waals surface area contributed by atoms with Crippen LogP contribution in [0.15, 0.2) is 40.9 Å². The second-order valence-electron chi connectivity index (χ2n) is 18.1. The van der Waals surface area contributed by atoms with Crippen molar-refractivity contribution in [1.82, 2.24) is 20.0 Å². The van der Waals surface area contributed by atoms with Gasteiger partial charge in [0.2, 0.25) is 23.6 Å². The van der Waals surface area contributed by atoms with Crippen molar-refractivity contribution in [1.29, 1.82) is 0 Å². The molecule has 4 rings (SSSR count). The van der Waals surface area contributed by atoms with Crippen molar-refractivity contribution in [2.75, 3.05) is 33.5 Å². The number of thioether (sulfide) groups is 1. The summed E-state index contributed by atoms with van der Waals surface area (Å²) in [6.07, 6.45) is 3.41. The molecular weight excluding hydrogens is 771 g/mol. The van der Waals surface area contributed by atoms with E-state index in [1.165, 1.54) is 16.8 Å². The van der Waals surface area contributed by atoms with E-state index in [1.807, 2.05) is 60.6 Å². The van der Waals surface area contributed by atoms with Gasteiger partial charge in [-0.1, -0.05) is 73.1 Å². The molecule has 3 aliphatic heterocycles. The first-order chi connectivity index (χ1) is 27.7. The molecule has 2 N–H and O–H groups in total. The number of carbonyl (C=O) groups excluding carboxylic acids is 5.